The van der Waals surface area contributed by atoms with E-state index in [0.717, 1.165) is 31.2 Å². The summed E-state index contributed by atoms with van der Waals surface area (Å²) in [5.74, 6) is -0.277. The summed E-state index contributed by atoms with van der Waals surface area (Å²) >= 11 is 0. The average molecular weight is 431 g/mol. The molecule has 0 aliphatic heterocycles. The number of fused-ring (bicyclic) bond motifs is 1. The van der Waals surface area contributed by atoms with Crippen molar-refractivity contribution in [1.29, 1.82) is 0 Å². The van der Waals surface area contributed by atoms with Gasteiger partial charge >= 0.3 is 0 Å². The Morgan fingerprint density at radius 2 is 1.90 bits per heavy atom. The van der Waals surface area contributed by atoms with E-state index in [1.807, 2.05) is 37.3 Å². The zero-order chi connectivity index (χ0) is 22.6. The summed E-state index contributed by atoms with van der Waals surface area (Å²) in [6.07, 6.45) is 3.17. The molecule has 0 unspecified atom stereocenters. The molecule has 0 spiro atoms. The third-order valence-electron chi connectivity index (χ3n) is 7.87. The van der Waals surface area contributed by atoms with Crippen LogP contribution in [0.15, 0.2) is 30.3 Å². The van der Waals surface area contributed by atoms with Crippen LogP contribution in [0.25, 0.3) is 0 Å². The van der Waals surface area contributed by atoms with E-state index in [1.165, 1.54) is 7.11 Å². The highest BCUT2D eigenvalue weighted by atomic mass is 16.5. The first kappa shape index (κ1) is 23.7. The average Bonchev–Trinajstić information content (AvgIpc) is 2.75. The lowest BCUT2D eigenvalue weighted by molar-refractivity contribution is -0.144. The third kappa shape index (κ3) is 5.29. The highest BCUT2D eigenvalue weighted by Gasteiger charge is 2.53. The monoisotopic (exact) mass is 430 g/mol. The van der Waals surface area contributed by atoms with Crippen molar-refractivity contribution in [2.75, 3.05) is 13.7 Å². The van der Waals surface area contributed by atoms with Gasteiger partial charge < -0.3 is 20.5 Å². The number of nitrogens with one attached hydrogen (secondary N) is 2. The van der Waals surface area contributed by atoms with Gasteiger partial charge in [0.25, 0.3) is 0 Å². The molecular formula is C25H38N2O4. The molecule has 2 aliphatic rings. The van der Waals surface area contributed by atoms with E-state index in [0.29, 0.717) is 6.54 Å². The fourth-order valence-electron chi connectivity index (χ4n) is 6.02. The van der Waals surface area contributed by atoms with Gasteiger partial charge in [0.05, 0.1) is 6.10 Å². The Bertz CT molecular complexity index is 755. The summed E-state index contributed by atoms with van der Waals surface area (Å²) in [5, 5.41) is 17.6. The van der Waals surface area contributed by atoms with Crippen LogP contribution >= 0.6 is 0 Å². The molecule has 3 rings (SSSR count). The molecule has 2 saturated carbocycles. The number of aliphatic hydroxyl groups is 1. The van der Waals surface area contributed by atoms with Gasteiger partial charge in [-0.2, -0.15) is 0 Å². The number of ether oxygens (including phenoxy) is 1. The largest absolute Gasteiger partial charge is 0.392 e. The van der Waals surface area contributed by atoms with Crippen LogP contribution in [-0.4, -0.2) is 42.8 Å². The number of carbonyl (C=O) groups is 2. The summed E-state index contributed by atoms with van der Waals surface area (Å²) in [6, 6.07) is 9.89. The van der Waals surface area contributed by atoms with E-state index >= 15 is 0 Å². The minimum Gasteiger partial charge on any atom is -0.392 e. The van der Waals surface area contributed by atoms with Crippen LogP contribution in [-0.2, 0) is 20.9 Å². The number of hydrogen-bond donors (Lipinski definition) is 3. The van der Waals surface area contributed by atoms with Gasteiger partial charge in [-0.1, -0.05) is 51.1 Å². The molecule has 3 N–H and O–H groups in total. The van der Waals surface area contributed by atoms with Crippen LogP contribution in [0.3, 0.4) is 0 Å². The van der Waals surface area contributed by atoms with Gasteiger partial charge in [-0.15, -0.1) is 0 Å². The highest BCUT2D eigenvalue weighted by molar-refractivity contribution is 5.78. The summed E-state index contributed by atoms with van der Waals surface area (Å²) in [5.41, 5.74) is 1.10. The standard InChI is InChI=1S/C25H38N2O4/c1-16(24(30)26-14-18-8-6-5-7-9-18)19-10-12-25(3)13-11-20(27-21(28)15-31-4)17(2)22(25)23(19)29/h5-9,16-17,19-20,22-23,29H,10-15H2,1-4H3,(H,26,30)(H,27,28)/t16-,17+,19-,20-,22+,23-,25-/m0/s1. The first-order chi connectivity index (χ1) is 14.8. The van der Waals surface area contributed by atoms with Gasteiger partial charge in [-0.05, 0) is 54.4 Å². The van der Waals surface area contributed by atoms with E-state index in [-0.39, 0.29) is 53.5 Å². The fourth-order valence-corrected chi connectivity index (χ4v) is 6.02. The molecule has 2 fully saturated rings. The second-order valence-corrected chi connectivity index (χ2v) is 9.87. The van der Waals surface area contributed by atoms with Gasteiger partial charge in [0, 0.05) is 25.6 Å². The second kappa shape index (κ2) is 10.1. The van der Waals surface area contributed by atoms with Crippen LogP contribution in [0.1, 0.15) is 52.0 Å². The molecule has 31 heavy (non-hydrogen) atoms. The summed E-state index contributed by atoms with van der Waals surface area (Å²) in [7, 11) is 1.51. The molecule has 2 amide bonds. The first-order valence-corrected chi connectivity index (χ1v) is 11.5. The molecule has 6 nitrogen and oxygen atoms in total. The highest BCUT2D eigenvalue weighted by Crippen LogP contribution is 2.55. The van der Waals surface area contributed by atoms with E-state index < -0.39 is 6.10 Å². The molecule has 0 radical (unpaired) electrons. The van der Waals surface area contributed by atoms with Crippen LogP contribution in [0.5, 0.6) is 0 Å². The topological polar surface area (TPSA) is 87.7 Å². The SMILES string of the molecule is COCC(=O)N[C@H]1CC[C@]2(C)CC[C@@H]([C@H](C)C(=O)NCc3ccccc3)[C@H](O)[C@H]2[C@@H]1C. The summed E-state index contributed by atoms with van der Waals surface area (Å²) < 4.78 is 4.95. The van der Waals surface area contributed by atoms with Crippen molar-refractivity contribution < 1.29 is 19.4 Å². The predicted molar refractivity (Wildman–Crippen MR) is 120 cm³/mol. The fraction of sp³-hybridized carbons (Fsp3) is 0.680. The zero-order valence-electron chi connectivity index (χ0n) is 19.3. The van der Waals surface area contributed by atoms with E-state index in [4.69, 9.17) is 4.74 Å². The van der Waals surface area contributed by atoms with Crippen molar-refractivity contribution in [1.82, 2.24) is 10.6 Å². The maximum Gasteiger partial charge on any atom is 0.246 e. The maximum absolute atomic E-state index is 12.9. The van der Waals surface area contributed by atoms with Gasteiger partial charge in [0.2, 0.25) is 11.8 Å². The number of benzene rings is 1. The Morgan fingerprint density at radius 1 is 1.23 bits per heavy atom. The lowest BCUT2D eigenvalue weighted by atomic mass is 9.51. The van der Waals surface area contributed by atoms with Crippen molar-refractivity contribution in [3.63, 3.8) is 0 Å². The number of aliphatic hydroxyl groups excluding tert-OH is 1. The summed E-state index contributed by atoms with van der Waals surface area (Å²) in [4.78, 5) is 24.9. The van der Waals surface area contributed by atoms with Gasteiger partial charge in [0.1, 0.15) is 6.61 Å². The van der Waals surface area contributed by atoms with Crippen molar-refractivity contribution in [3.8, 4) is 0 Å². The number of hydrogen-bond acceptors (Lipinski definition) is 4. The van der Waals surface area contributed by atoms with Crippen LogP contribution in [0.4, 0.5) is 0 Å². The van der Waals surface area contributed by atoms with Crippen molar-refractivity contribution in [2.45, 2.75) is 65.1 Å². The molecule has 0 saturated heterocycles. The van der Waals surface area contributed by atoms with Crippen LogP contribution in [0, 0.1) is 29.1 Å². The Labute approximate surface area is 186 Å². The molecule has 0 bridgehead atoms. The molecule has 6 heteroatoms. The molecule has 0 heterocycles. The van der Waals surface area contributed by atoms with Gasteiger partial charge in [-0.3, -0.25) is 9.59 Å². The normalized spacial score (nSPS) is 33.8. The molecule has 0 aromatic heterocycles. The Kier molecular flexibility index (Phi) is 7.76. The van der Waals surface area contributed by atoms with Crippen LogP contribution in [0.2, 0.25) is 0 Å². The second-order valence-electron chi connectivity index (χ2n) is 9.87. The van der Waals surface area contributed by atoms with E-state index in [2.05, 4.69) is 24.5 Å². The van der Waals surface area contributed by atoms with Gasteiger partial charge in [0.15, 0.2) is 0 Å². The molecule has 7 atom stereocenters. The number of rotatable bonds is 7. The van der Waals surface area contributed by atoms with E-state index in [9.17, 15) is 14.7 Å². The maximum atomic E-state index is 12.9. The Balaban J connectivity index is 1.66. The molecule has 172 valence electrons. The lowest BCUT2D eigenvalue weighted by Crippen LogP contribution is -2.58. The Hall–Kier alpha value is -1.92. The third-order valence-corrected chi connectivity index (χ3v) is 7.87. The summed E-state index contributed by atoms with van der Waals surface area (Å²) in [6.45, 7) is 6.88. The van der Waals surface area contributed by atoms with Crippen molar-refractivity contribution >= 4 is 11.8 Å². The van der Waals surface area contributed by atoms with Crippen molar-refractivity contribution in [2.24, 2.45) is 29.1 Å². The number of methoxy groups -OCH3 is 1. The Morgan fingerprint density at radius 3 is 2.58 bits per heavy atom. The smallest absolute Gasteiger partial charge is 0.246 e. The molecule has 1 aromatic rings. The molecular weight excluding hydrogens is 392 g/mol. The predicted octanol–water partition coefficient (Wildman–Crippen LogP) is 2.89. The quantitative estimate of drug-likeness (QED) is 0.621. The lowest BCUT2D eigenvalue weighted by Gasteiger charge is -2.56. The molecule has 1 aromatic carbocycles. The zero-order valence-corrected chi connectivity index (χ0v) is 19.3. The minimum atomic E-state index is -0.562. The van der Waals surface area contributed by atoms with Gasteiger partial charge in [-0.25, -0.2) is 0 Å². The number of carbonyl (C=O) groups excluding carboxylic acids is 2. The van der Waals surface area contributed by atoms with Crippen molar-refractivity contribution in [3.05, 3.63) is 35.9 Å². The van der Waals surface area contributed by atoms with Crippen LogP contribution < -0.4 is 10.6 Å². The molecule has 2 aliphatic carbocycles. The minimum absolute atomic E-state index is 0.00934. The number of amides is 2. The van der Waals surface area contributed by atoms with E-state index in [1.54, 1.807) is 0 Å². The first-order valence-electron chi connectivity index (χ1n) is 11.5.